The lowest BCUT2D eigenvalue weighted by molar-refractivity contribution is -0.122. The van der Waals surface area contributed by atoms with Gasteiger partial charge in [-0.05, 0) is 30.2 Å². The van der Waals surface area contributed by atoms with Gasteiger partial charge in [0.15, 0.2) is 0 Å². The molecule has 170 valence electrons. The number of hydrogen-bond acceptors (Lipinski definition) is 5. The third kappa shape index (κ3) is 6.65. The van der Waals surface area contributed by atoms with E-state index in [1.807, 2.05) is 36.1 Å². The molecule has 0 atom stereocenters. The molecule has 0 aromatic heterocycles. The molecule has 8 heteroatoms. The molecule has 1 N–H and O–H groups in total. The normalized spacial score (nSPS) is 14.8. The van der Waals surface area contributed by atoms with Gasteiger partial charge in [0, 0.05) is 26.2 Å². The molecule has 2 aromatic rings. The van der Waals surface area contributed by atoms with E-state index in [4.69, 9.17) is 11.2 Å². The van der Waals surface area contributed by atoms with Gasteiger partial charge in [0.2, 0.25) is 15.9 Å². The summed E-state index contributed by atoms with van der Waals surface area (Å²) in [5, 5.41) is 2.88. The van der Waals surface area contributed by atoms with Crippen LogP contribution in [0, 0.1) is 19.3 Å². The molecule has 0 spiro atoms. The van der Waals surface area contributed by atoms with Crippen LogP contribution < -0.4 is 5.32 Å². The van der Waals surface area contributed by atoms with E-state index < -0.39 is 10.0 Å². The average molecular weight is 456 g/mol. The van der Waals surface area contributed by atoms with Crippen LogP contribution in [0.3, 0.4) is 0 Å². The Balaban J connectivity index is 1.53. The zero-order valence-electron chi connectivity index (χ0n) is 18.3. The van der Waals surface area contributed by atoms with Gasteiger partial charge >= 0.3 is 0 Å². The van der Waals surface area contributed by atoms with Gasteiger partial charge in [0.1, 0.15) is 0 Å². The SMILES string of the molecule is C#CCN(CC(=O)NCc1ccc(S(=O)(=O)N2CCOCC2)cc1)Cc1ccc(C)cc1. The third-order valence-electron chi connectivity index (χ3n) is 5.23. The van der Waals surface area contributed by atoms with Crippen LogP contribution in [0.4, 0.5) is 0 Å². The maximum atomic E-state index is 12.7. The zero-order chi connectivity index (χ0) is 23.0. The molecule has 1 aliphatic heterocycles. The number of morpholine rings is 1. The Bertz CT molecular complexity index is 1040. The number of benzene rings is 2. The lowest BCUT2D eigenvalue weighted by Gasteiger charge is -2.26. The zero-order valence-corrected chi connectivity index (χ0v) is 19.1. The van der Waals surface area contributed by atoms with Crippen molar-refractivity contribution in [3.05, 3.63) is 65.2 Å². The Kier molecular flexibility index (Phi) is 8.42. The predicted octanol–water partition coefficient (Wildman–Crippen LogP) is 1.77. The largest absolute Gasteiger partial charge is 0.379 e. The molecule has 0 aliphatic carbocycles. The van der Waals surface area contributed by atoms with E-state index >= 15 is 0 Å². The van der Waals surface area contributed by atoms with Crippen molar-refractivity contribution in [1.82, 2.24) is 14.5 Å². The molecule has 1 aliphatic rings. The lowest BCUT2D eigenvalue weighted by atomic mass is 10.1. The average Bonchev–Trinajstić information content (AvgIpc) is 2.80. The highest BCUT2D eigenvalue weighted by molar-refractivity contribution is 7.89. The van der Waals surface area contributed by atoms with Crippen LogP contribution in [0.1, 0.15) is 16.7 Å². The lowest BCUT2D eigenvalue weighted by Crippen LogP contribution is -2.40. The summed E-state index contributed by atoms with van der Waals surface area (Å²) in [5.74, 6) is 2.46. The van der Waals surface area contributed by atoms with Crippen molar-refractivity contribution in [1.29, 1.82) is 0 Å². The molecule has 7 nitrogen and oxygen atoms in total. The number of hydrogen-bond donors (Lipinski definition) is 1. The second-order valence-corrected chi connectivity index (χ2v) is 9.71. The number of amides is 1. The maximum absolute atomic E-state index is 12.7. The van der Waals surface area contributed by atoms with E-state index in [0.29, 0.717) is 45.9 Å². The minimum absolute atomic E-state index is 0.141. The van der Waals surface area contributed by atoms with Gasteiger partial charge in [-0.3, -0.25) is 9.69 Å². The maximum Gasteiger partial charge on any atom is 0.243 e. The van der Waals surface area contributed by atoms with Crippen molar-refractivity contribution in [3.8, 4) is 12.3 Å². The van der Waals surface area contributed by atoms with Gasteiger partial charge < -0.3 is 10.1 Å². The number of carbonyl (C=O) groups is 1. The number of nitrogens with zero attached hydrogens (tertiary/aromatic N) is 2. The van der Waals surface area contributed by atoms with E-state index in [1.165, 1.54) is 9.87 Å². The second-order valence-electron chi connectivity index (χ2n) is 7.77. The summed E-state index contributed by atoms with van der Waals surface area (Å²) < 4.78 is 32.0. The van der Waals surface area contributed by atoms with Crippen LogP contribution in [-0.4, -0.2) is 62.9 Å². The van der Waals surface area contributed by atoms with Crippen molar-refractivity contribution >= 4 is 15.9 Å². The first-order chi connectivity index (χ1) is 15.4. The number of ether oxygens (including phenoxy) is 1. The quantitative estimate of drug-likeness (QED) is 0.583. The molecule has 1 heterocycles. The summed E-state index contributed by atoms with van der Waals surface area (Å²) in [6, 6.07) is 14.7. The van der Waals surface area contributed by atoms with Crippen molar-refractivity contribution in [2.45, 2.75) is 24.9 Å². The first kappa shape index (κ1) is 24.0. The highest BCUT2D eigenvalue weighted by Crippen LogP contribution is 2.17. The Morgan fingerprint density at radius 3 is 2.34 bits per heavy atom. The predicted molar refractivity (Wildman–Crippen MR) is 123 cm³/mol. The Labute approximate surface area is 190 Å². The van der Waals surface area contributed by atoms with Crippen molar-refractivity contribution in [2.75, 3.05) is 39.4 Å². The van der Waals surface area contributed by atoms with Gasteiger partial charge in [-0.2, -0.15) is 4.31 Å². The molecular formula is C24H29N3O4S. The molecule has 32 heavy (non-hydrogen) atoms. The first-order valence-electron chi connectivity index (χ1n) is 10.5. The Hall–Kier alpha value is -2.70. The van der Waals surface area contributed by atoms with Crippen LogP contribution in [-0.2, 0) is 32.6 Å². The van der Waals surface area contributed by atoms with Crippen molar-refractivity contribution in [2.24, 2.45) is 0 Å². The second kappa shape index (κ2) is 11.2. The van der Waals surface area contributed by atoms with E-state index in [-0.39, 0.29) is 17.3 Å². The number of carbonyl (C=O) groups excluding carboxylic acids is 1. The molecule has 0 radical (unpaired) electrons. The molecular weight excluding hydrogens is 426 g/mol. The first-order valence-corrected chi connectivity index (χ1v) is 12.0. The van der Waals surface area contributed by atoms with Gasteiger partial charge in [0.25, 0.3) is 0 Å². The molecule has 0 bridgehead atoms. The summed E-state index contributed by atoms with van der Waals surface area (Å²) >= 11 is 0. The highest BCUT2D eigenvalue weighted by atomic mass is 32.2. The molecule has 3 rings (SSSR count). The number of sulfonamides is 1. The minimum atomic E-state index is -3.52. The number of terminal acetylenes is 1. The smallest absolute Gasteiger partial charge is 0.243 e. The fraction of sp³-hybridized carbons (Fsp3) is 0.375. The van der Waals surface area contributed by atoms with E-state index in [9.17, 15) is 13.2 Å². The van der Waals surface area contributed by atoms with E-state index in [1.54, 1.807) is 24.3 Å². The molecule has 1 saturated heterocycles. The van der Waals surface area contributed by atoms with Crippen LogP contribution in [0.2, 0.25) is 0 Å². The number of nitrogens with one attached hydrogen (secondary N) is 1. The monoisotopic (exact) mass is 455 g/mol. The number of rotatable bonds is 9. The van der Waals surface area contributed by atoms with Crippen molar-refractivity contribution < 1.29 is 17.9 Å². The van der Waals surface area contributed by atoms with Crippen LogP contribution in [0.5, 0.6) is 0 Å². The summed E-state index contributed by atoms with van der Waals surface area (Å²) in [4.78, 5) is 14.6. The fourth-order valence-electron chi connectivity index (χ4n) is 3.42. The standard InChI is InChI=1S/C24H29N3O4S/c1-3-12-26(18-22-6-4-20(2)5-7-22)19-24(28)25-17-21-8-10-23(11-9-21)32(29,30)27-13-15-31-16-14-27/h1,4-11H,12-19H2,2H3,(H,25,28). The molecule has 0 unspecified atom stereocenters. The molecule has 2 aromatic carbocycles. The topological polar surface area (TPSA) is 79.0 Å². The Morgan fingerprint density at radius 1 is 1.09 bits per heavy atom. The molecule has 1 fully saturated rings. The van der Waals surface area contributed by atoms with Gasteiger partial charge in [-0.15, -0.1) is 6.42 Å². The minimum Gasteiger partial charge on any atom is -0.379 e. The third-order valence-corrected chi connectivity index (χ3v) is 7.14. The van der Waals surface area contributed by atoms with Crippen LogP contribution in [0.15, 0.2) is 53.4 Å². The fourth-order valence-corrected chi connectivity index (χ4v) is 4.83. The van der Waals surface area contributed by atoms with Crippen LogP contribution >= 0.6 is 0 Å². The Morgan fingerprint density at radius 2 is 1.72 bits per heavy atom. The van der Waals surface area contributed by atoms with Crippen molar-refractivity contribution in [3.63, 3.8) is 0 Å². The van der Waals surface area contributed by atoms with Gasteiger partial charge in [-0.1, -0.05) is 47.9 Å². The number of aryl methyl sites for hydroxylation is 1. The van der Waals surface area contributed by atoms with E-state index in [0.717, 1.165) is 11.1 Å². The summed E-state index contributed by atoms with van der Waals surface area (Å²) in [7, 11) is -3.52. The van der Waals surface area contributed by atoms with E-state index in [2.05, 4.69) is 11.2 Å². The summed E-state index contributed by atoms with van der Waals surface area (Å²) in [6.45, 7) is 5.01. The van der Waals surface area contributed by atoms with Gasteiger partial charge in [0.05, 0.1) is 31.2 Å². The molecule has 1 amide bonds. The van der Waals surface area contributed by atoms with Gasteiger partial charge in [-0.25, -0.2) is 8.42 Å². The summed E-state index contributed by atoms with van der Waals surface area (Å²) in [6.07, 6.45) is 5.47. The highest BCUT2D eigenvalue weighted by Gasteiger charge is 2.26. The summed E-state index contributed by atoms with van der Waals surface area (Å²) in [5.41, 5.74) is 3.09. The van der Waals surface area contributed by atoms with Crippen LogP contribution in [0.25, 0.3) is 0 Å². The molecule has 0 saturated carbocycles.